The highest BCUT2D eigenvalue weighted by atomic mass is 14.1. The average molecular weight is 248 g/mol. The van der Waals surface area contributed by atoms with E-state index in [0.29, 0.717) is 0 Å². The molecule has 0 unspecified atom stereocenters. The minimum Gasteiger partial charge on any atom is -0.0988 e. The molecule has 0 amide bonds. The van der Waals surface area contributed by atoms with Gasteiger partial charge in [0, 0.05) is 0 Å². The van der Waals surface area contributed by atoms with E-state index in [-0.39, 0.29) is 0 Å². The van der Waals surface area contributed by atoms with Gasteiger partial charge in [0.05, 0.1) is 0 Å². The molecule has 2 aromatic carbocycles. The van der Waals surface area contributed by atoms with Gasteiger partial charge in [-0.3, -0.25) is 0 Å². The second-order valence-electron chi connectivity index (χ2n) is 4.99. The van der Waals surface area contributed by atoms with Crippen LogP contribution in [-0.2, 0) is 0 Å². The van der Waals surface area contributed by atoms with Gasteiger partial charge < -0.3 is 0 Å². The van der Waals surface area contributed by atoms with Crippen molar-refractivity contribution in [2.75, 3.05) is 0 Å². The highest BCUT2D eigenvalue weighted by molar-refractivity contribution is 5.83. The first-order chi connectivity index (χ1) is 9.11. The Bertz CT molecular complexity index is 548. The van der Waals surface area contributed by atoms with E-state index in [1.165, 1.54) is 33.4 Å². The first-order valence-corrected chi connectivity index (χ1v) is 6.59. The molecule has 0 aliphatic heterocycles. The van der Waals surface area contributed by atoms with Crippen molar-refractivity contribution in [2.45, 2.75) is 20.8 Å². The summed E-state index contributed by atoms with van der Waals surface area (Å²) in [6.45, 7) is 10.2. The third kappa shape index (κ3) is 3.03. The van der Waals surface area contributed by atoms with Gasteiger partial charge in [0.15, 0.2) is 0 Å². The van der Waals surface area contributed by atoms with Crippen molar-refractivity contribution < 1.29 is 0 Å². The highest BCUT2D eigenvalue weighted by Gasteiger charge is 2.07. The summed E-state index contributed by atoms with van der Waals surface area (Å²) in [6, 6.07) is 17.3. The van der Waals surface area contributed by atoms with Crippen LogP contribution in [-0.4, -0.2) is 0 Å². The molecule has 0 N–H and O–H groups in total. The van der Waals surface area contributed by atoms with Gasteiger partial charge >= 0.3 is 0 Å². The Labute approximate surface area is 116 Å². The molecule has 0 heterocycles. The highest BCUT2D eigenvalue weighted by Crippen LogP contribution is 2.27. The lowest BCUT2D eigenvalue weighted by Gasteiger charge is -2.12. The van der Waals surface area contributed by atoms with Crippen LogP contribution >= 0.6 is 0 Å². The SMILES string of the molecule is C=CC(C)=C(c1ccc(C)cc1)c1ccc(C)cc1. The molecule has 0 spiro atoms. The first-order valence-electron chi connectivity index (χ1n) is 6.59. The molecule has 96 valence electrons. The Morgan fingerprint density at radius 2 is 1.16 bits per heavy atom. The molecule has 0 aliphatic rings. The molecule has 0 nitrogen and oxygen atoms in total. The van der Waals surface area contributed by atoms with Crippen LogP contribution in [0, 0.1) is 13.8 Å². The summed E-state index contributed by atoms with van der Waals surface area (Å²) in [6.07, 6.45) is 1.93. The van der Waals surface area contributed by atoms with Crippen LogP contribution < -0.4 is 0 Å². The maximum Gasteiger partial charge on any atom is -0.00823 e. The van der Waals surface area contributed by atoms with Crippen LogP contribution in [0.25, 0.3) is 5.57 Å². The van der Waals surface area contributed by atoms with Gasteiger partial charge in [-0.25, -0.2) is 0 Å². The van der Waals surface area contributed by atoms with Gasteiger partial charge in [0.25, 0.3) is 0 Å². The molecule has 0 aliphatic carbocycles. The van der Waals surface area contributed by atoms with E-state index in [4.69, 9.17) is 0 Å². The Balaban J connectivity index is 2.57. The summed E-state index contributed by atoms with van der Waals surface area (Å²) < 4.78 is 0. The van der Waals surface area contributed by atoms with Crippen molar-refractivity contribution in [3.63, 3.8) is 0 Å². The number of rotatable bonds is 3. The Morgan fingerprint density at radius 3 is 1.47 bits per heavy atom. The molecule has 0 bridgehead atoms. The largest absolute Gasteiger partial charge is 0.0988 e. The van der Waals surface area contributed by atoms with Gasteiger partial charge in [0.1, 0.15) is 0 Å². The Kier molecular flexibility index (Phi) is 4.01. The fourth-order valence-electron chi connectivity index (χ4n) is 2.16. The van der Waals surface area contributed by atoms with Crippen molar-refractivity contribution in [2.24, 2.45) is 0 Å². The maximum absolute atomic E-state index is 3.91. The number of aryl methyl sites for hydroxylation is 2. The number of allylic oxidation sites excluding steroid dienone is 2. The molecule has 19 heavy (non-hydrogen) atoms. The molecule has 0 atom stereocenters. The zero-order valence-corrected chi connectivity index (χ0v) is 11.9. The number of benzene rings is 2. The van der Waals surface area contributed by atoms with Crippen molar-refractivity contribution in [1.29, 1.82) is 0 Å². The lowest BCUT2D eigenvalue weighted by atomic mass is 9.92. The van der Waals surface area contributed by atoms with E-state index in [9.17, 15) is 0 Å². The molecular formula is C19H20. The van der Waals surface area contributed by atoms with Gasteiger partial charge in [-0.1, -0.05) is 72.3 Å². The summed E-state index contributed by atoms with van der Waals surface area (Å²) in [5.74, 6) is 0. The van der Waals surface area contributed by atoms with E-state index < -0.39 is 0 Å². The molecule has 2 rings (SSSR count). The van der Waals surface area contributed by atoms with Crippen LogP contribution in [0.1, 0.15) is 29.2 Å². The molecule has 0 saturated heterocycles. The number of hydrogen-bond acceptors (Lipinski definition) is 0. The summed E-state index contributed by atoms with van der Waals surface area (Å²) in [5, 5.41) is 0. The second kappa shape index (κ2) is 5.71. The lowest BCUT2D eigenvalue weighted by Crippen LogP contribution is -1.91. The smallest absolute Gasteiger partial charge is 0.00823 e. The summed E-state index contributed by atoms with van der Waals surface area (Å²) in [7, 11) is 0. The molecular weight excluding hydrogens is 228 g/mol. The molecule has 0 saturated carbocycles. The average Bonchev–Trinajstić information content (AvgIpc) is 2.43. The lowest BCUT2D eigenvalue weighted by molar-refractivity contribution is 1.40. The van der Waals surface area contributed by atoms with Gasteiger partial charge in [-0.05, 0) is 43.0 Å². The van der Waals surface area contributed by atoms with E-state index in [1.807, 2.05) is 6.08 Å². The fourth-order valence-corrected chi connectivity index (χ4v) is 2.16. The van der Waals surface area contributed by atoms with Crippen LogP contribution in [0.4, 0.5) is 0 Å². The predicted octanol–water partition coefficient (Wildman–Crippen LogP) is 5.31. The normalized spacial score (nSPS) is 10.1. The van der Waals surface area contributed by atoms with Crippen molar-refractivity contribution in [3.8, 4) is 0 Å². The third-order valence-corrected chi connectivity index (χ3v) is 3.38. The van der Waals surface area contributed by atoms with Crippen LogP contribution in [0.2, 0.25) is 0 Å². The molecule has 0 aromatic heterocycles. The molecule has 0 heteroatoms. The zero-order chi connectivity index (χ0) is 13.8. The number of hydrogen-bond donors (Lipinski definition) is 0. The van der Waals surface area contributed by atoms with Crippen molar-refractivity contribution in [3.05, 3.63) is 89.0 Å². The van der Waals surface area contributed by atoms with E-state index in [0.717, 1.165) is 0 Å². The summed E-state index contributed by atoms with van der Waals surface area (Å²) >= 11 is 0. The Morgan fingerprint density at radius 1 is 0.789 bits per heavy atom. The minimum absolute atomic E-state index is 1.20. The van der Waals surface area contributed by atoms with Crippen LogP contribution in [0.15, 0.2) is 66.8 Å². The van der Waals surface area contributed by atoms with Crippen molar-refractivity contribution >= 4 is 5.57 Å². The molecule has 2 aromatic rings. The summed E-state index contributed by atoms with van der Waals surface area (Å²) in [4.78, 5) is 0. The predicted molar refractivity (Wildman–Crippen MR) is 84.3 cm³/mol. The third-order valence-electron chi connectivity index (χ3n) is 3.38. The van der Waals surface area contributed by atoms with Gasteiger partial charge in [-0.2, -0.15) is 0 Å². The zero-order valence-electron chi connectivity index (χ0n) is 11.9. The van der Waals surface area contributed by atoms with Gasteiger partial charge in [-0.15, -0.1) is 0 Å². The van der Waals surface area contributed by atoms with Crippen LogP contribution in [0.3, 0.4) is 0 Å². The van der Waals surface area contributed by atoms with E-state index in [1.54, 1.807) is 0 Å². The Hall–Kier alpha value is -2.08. The second-order valence-corrected chi connectivity index (χ2v) is 4.99. The van der Waals surface area contributed by atoms with Gasteiger partial charge in [0.2, 0.25) is 0 Å². The molecule has 0 fully saturated rings. The van der Waals surface area contributed by atoms with Crippen molar-refractivity contribution in [1.82, 2.24) is 0 Å². The first kappa shape index (κ1) is 13.4. The standard InChI is InChI=1S/C19H20/c1-5-16(4)19(17-10-6-14(2)7-11-17)18-12-8-15(3)9-13-18/h5-13H,1H2,2-4H3. The van der Waals surface area contributed by atoms with E-state index in [2.05, 4.69) is 75.9 Å². The minimum atomic E-state index is 1.20. The maximum atomic E-state index is 3.91. The topological polar surface area (TPSA) is 0 Å². The molecule has 0 radical (unpaired) electrons. The fraction of sp³-hybridized carbons (Fsp3) is 0.158. The van der Waals surface area contributed by atoms with Crippen LogP contribution in [0.5, 0.6) is 0 Å². The van der Waals surface area contributed by atoms with E-state index >= 15 is 0 Å². The quantitative estimate of drug-likeness (QED) is 0.646. The summed E-state index contributed by atoms with van der Waals surface area (Å²) in [5.41, 5.74) is 7.51. The monoisotopic (exact) mass is 248 g/mol.